The molecular formula is C18H20F4N3+. The van der Waals surface area contributed by atoms with Crippen molar-refractivity contribution < 1.29 is 22.1 Å². The first-order chi connectivity index (χ1) is 11.9. The summed E-state index contributed by atoms with van der Waals surface area (Å²) in [6.07, 6.45) is 6.82. The molecule has 0 radical (unpaired) electrons. The van der Waals surface area contributed by atoms with E-state index in [0.29, 0.717) is 12.1 Å². The lowest BCUT2D eigenvalue weighted by molar-refractivity contribution is -0.697. The minimum Gasteiger partial charge on any atom is -0.373 e. The summed E-state index contributed by atoms with van der Waals surface area (Å²) in [6, 6.07) is 3.45. The van der Waals surface area contributed by atoms with Gasteiger partial charge in [0, 0.05) is 32.6 Å². The molecule has 7 heteroatoms. The highest BCUT2D eigenvalue weighted by atomic mass is 19.2. The van der Waals surface area contributed by atoms with Gasteiger partial charge in [0.25, 0.3) is 0 Å². The number of aryl methyl sites for hydroxylation is 1. The molecule has 0 unspecified atom stereocenters. The topological polar surface area (TPSA) is 33.1 Å². The molecular weight excluding hydrogens is 334 g/mol. The van der Waals surface area contributed by atoms with Crippen LogP contribution in [0.1, 0.15) is 17.5 Å². The van der Waals surface area contributed by atoms with Crippen LogP contribution < -0.4 is 15.2 Å². The molecule has 0 bridgehead atoms. The van der Waals surface area contributed by atoms with Gasteiger partial charge in [0.05, 0.1) is 5.56 Å². The predicted molar refractivity (Wildman–Crippen MR) is 89.8 cm³/mol. The summed E-state index contributed by atoms with van der Waals surface area (Å²) in [5, 5.41) is 0. The second-order valence-corrected chi connectivity index (χ2v) is 5.76. The van der Waals surface area contributed by atoms with Crippen molar-refractivity contribution in [3.05, 3.63) is 58.9 Å². The molecule has 0 saturated heterocycles. The molecule has 3 nitrogen and oxygen atoms in total. The number of pyridine rings is 1. The fraction of sp³-hybridized carbons (Fsp3) is 0.278. The van der Waals surface area contributed by atoms with Crippen molar-refractivity contribution in [3.8, 4) is 0 Å². The van der Waals surface area contributed by atoms with Crippen LogP contribution in [0.3, 0.4) is 0 Å². The third-order valence-electron chi connectivity index (χ3n) is 3.70. The summed E-state index contributed by atoms with van der Waals surface area (Å²) in [4.78, 5) is 0.988. The van der Waals surface area contributed by atoms with Crippen LogP contribution in [0.2, 0.25) is 0 Å². The van der Waals surface area contributed by atoms with Gasteiger partial charge in [-0.05, 0) is 18.2 Å². The Kier molecular flexibility index (Phi) is 6.14. The highest BCUT2D eigenvalue weighted by molar-refractivity contribution is 5.71. The van der Waals surface area contributed by atoms with Crippen LogP contribution in [-0.2, 0) is 6.54 Å². The molecule has 1 heterocycles. The first-order valence-corrected chi connectivity index (χ1v) is 7.77. The number of benzene rings is 1. The smallest absolute Gasteiger partial charge is 0.185 e. The van der Waals surface area contributed by atoms with Crippen LogP contribution >= 0.6 is 0 Å². The largest absolute Gasteiger partial charge is 0.373 e. The van der Waals surface area contributed by atoms with Crippen LogP contribution in [0, 0.1) is 23.3 Å². The molecule has 0 aliphatic heterocycles. The zero-order chi connectivity index (χ0) is 18.6. The number of rotatable bonds is 6. The Morgan fingerprint density at radius 1 is 0.960 bits per heavy atom. The third kappa shape index (κ3) is 4.17. The minimum absolute atomic E-state index is 0.577. The lowest BCUT2D eigenvalue weighted by atomic mass is 10.1. The molecule has 0 amide bonds. The normalized spacial score (nSPS) is 11.3. The molecule has 2 aromatic rings. The highest BCUT2D eigenvalue weighted by Gasteiger charge is 2.25. The van der Waals surface area contributed by atoms with E-state index in [1.807, 2.05) is 4.57 Å². The molecule has 0 saturated carbocycles. The van der Waals surface area contributed by atoms with Crippen molar-refractivity contribution in [2.45, 2.75) is 13.0 Å². The van der Waals surface area contributed by atoms with E-state index < -0.39 is 34.5 Å². The van der Waals surface area contributed by atoms with Crippen LogP contribution in [0.15, 0.2) is 24.5 Å². The van der Waals surface area contributed by atoms with Gasteiger partial charge < -0.3 is 10.6 Å². The van der Waals surface area contributed by atoms with E-state index in [-0.39, 0.29) is 0 Å². The quantitative estimate of drug-likeness (QED) is 0.491. The molecule has 25 heavy (non-hydrogen) atoms. The van der Waals surface area contributed by atoms with Crippen molar-refractivity contribution >= 4 is 17.8 Å². The summed E-state index contributed by atoms with van der Waals surface area (Å²) in [7, 11) is 2.61. The van der Waals surface area contributed by atoms with Gasteiger partial charge in [0.1, 0.15) is 12.2 Å². The summed E-state index contributed by atoms with van der Waals surface area (Å²) >= 11 is 0. The molecule has 1 aromatic heterocycles. The Hall–Kier alpha value is -2.41. The van der Waals surface area contributed by atoms with Gasteiger partial charge in [0.2, 0.25) is 0 Å². The summed E-state index contributed by atoms with van der Waals surface area (Å²) in [6.45, 7) is 1.33. The summed E-state index contributed by atoms with van der Waals surface area (Å²) in [5.74, 6) is -5.69. The molecule has 0 atom stereocenters. The Labute approximate surface area is 144 Å². The number of hydrogen-bond acceptors (Lipinski definition) is 2. The summed E-state index contributed by atoms with van der Waals surface area (Å²) < 4.78 is 58.1. The van der Waals surface area contributed by atoms with Crippen LogP contribution in [0.25, 0.3) is 12.2 Å². The van der Waals surface area contributed by atoms with E-state index in [2.05, 4.69) is 0 Å². The van der Waals surface area contributed by atoms with Gasteiger partial charge in [-0.15, -0.1) is 0 Å². The van der Waals surface area contributed by atoms with E-state index in [4.69, 9.17) is 5.73 Å². The van der Waals surface area contributed by atoms with Gasteiger partial charge in [-0.2, -0.15) is 0 Å². The summed E-state index contributed by atoms with van der Waals surface area (Å²) in [5.41, 5.74) is 4.59. The fourth-order valence-corrected chi connectivity index (χ4v) is 2.36. The van der Waals surface area contributed by atoms with Crippen molar-refractivity contribution in [3.63, 3.8) is 0 Å². The fourth-order valence-electron chi connectivity index (χ4n) is 2.36. The van der Waals surface area contributed by atoms with E-state index in [0.717, 1.165) is 23.9 Å². The van der Waals surface area contributed by atoms with E-state index in [1.165, 1.54) is 20.2 Å². The molecule has 0 aliphatic carbocycles. The van der Waals surface area contributed by atoms with Crippen LogP contribution in [-0.4, -0.2) is 20.6 Å². The first-order valence-electron chi connectivity index (χ1n) is 7.77. The average Bonchev–Trinajstić information content (AvgIpc) is 2.59. The molecule has 0 spiro atoms. The van der Waals surface area contributed by atoms with Crippen LogP contribution in [0.4, 0.5) is 23.2 Å². The van der Waals surface area contributed by atoms with Crippen molar-refractivity contribution in [1.82, 2.24) is 0 Å². The first kappa shape index (κ1) is 18.9. The average molecular weight is 354 g/mol. The molecule has 1 aromatic carbocycles. The van der Waals surface area contributed by atoms with E-state index in [9.17, 15) is 17.6 Å². The maximum Gasteiger partial charge on any atom is 0.185 e. The number of hydrogen-bond donors (Lipinski definition) is 1. The van der Waals surface area contributed by atoms with Gasteiger partial charge in [-0.3, -0.25) is 0 Å². The van der Waals surface area contributed by atoms with Gasteiger partial charge in [-0.25, -0.2) is 22.1 Å². The van der Waals surface area contributed by atoms with Crippen molar-refractivity contribution in [2.75, 3.05) is 25.5 Å². The molecule has 0 fully saturated rings. The predicted octanol–water partition coefficient (Wildman–Crippen LogP) is 3.12. The Bertz CT molecular complexity index is 742. The van der Waals surface area contributed by atoms with Crippen molar-refractivity contribution in [2.24, 2.45) is 5.73 Å². The lowest BCUT2D eigenvalue weighted by Gasteiger charge is -2.16. The van der Waals surface area contributed by atoms with Crippen molar-refractivity contribution in [1.29, 1.82) is 0 Å². The second kappa shape index (κ2) is 8.11. The standard InChI is InChI=1S/C18H20F4N3/c1-24(2)18-16(21)14(19)13(15(20)17(18)22)5-4-12-6-10-25(11-7-12)9-3-8-23/h4-7,10-11H,3,8-9,23H2,1-2H3/q+1. The SMILES string of the molecule is CN(C)c1c(F)c(F)c(C=Cc2cc[n+](CCCN)cc2)c(F)c1F. The highest BCUT2D eigenvalue weighted by Crippen LogP contribution is 2.30. The zero-order valence-electron chi connectivity index (χ0n) is 14.1. The number of halogens is 4. The maximum atomic E-state index is 14.1. The minimum atomic E-state index is -1.42. The third-order valence-corrected chi connectivity index (χ3v) is 3.70. The molecule has 2 rings (SSSR count). The van der Waals surface area contributed by atoms with Gasteiger partial charge in [-0.1, -0.05) is 6.08 Å². The van der Waals surface area contributed by atoms with E-state index in [1.54, 1.807) is 24.5 Å². The number of nitrogens with zero attached hydrogens (tertiary/aromatic N) is 2. The number of anilines is 1. The zero-order valence-corrected chi connectivity index (χ0v) is 14.1. The van der Waals surface area contributed by atoms with Crippen LogP contribution in [0.5, 0.6) is 0 Å². The number of aromatic nitrogens is 1. The number of nitrogens with two attached hydrogens (primary N) is 1. The molecule has 134 valence electrons. The Morgan fingerprint density at radius 2 is 1.52 bits per heavy atom. The second-order valence-electron chi connectivity index (χ2n) is 5.76. The lowest BCUT2D eigenvalue weighted by Crippen LogP contribution is -2.33. The van der Waals surface area contributed by atoms with Gasteiger partial charge in [0.15, 0.2) is 35.7 Å². The molecule has 2 N–H and O–H groups in total. The monoisotopic (exact) mass is 354 g/mol. The maximum absolute atomic E-state index is 14.1. The Balaban J connectivity index is 2.32. The van der Waals surface area contributed by atoms with E-state index >= 15 is 0 Å². The Morgan fingerprint density at radius 3 is 2.00 bits per heavy atom. The van der Waals surface area contributed by atoms with Gasteiger partial charge >= 0.3 is 0 Å². The molecule has 0 aliphatic rings.